The summed E-state index contributed by atoms with van der Waals surface area (Å²) < 4.78 is 1.06. The molecular weight excluding hydrogens is 337 g/mol. The second-order valence-corrected chi connectivity index (χ2v) is 5.46. The Hall–Kier alpha value is -1.17. The monoisotopic (exact) mass is 353 g/mol. The van der Waals surface area contributed by atoms with Gasteiger partial charge in [-0.15, -0.1) is 0 Å². The molecule has 94 valence electrons. The number of hydrogen-bond donors (Lipinski definition) is 0. The molecule has 0 aliphatic rings. The third-order valence-electron chi connectivity index (χ3n) is 2.75. The summed E-state index contributed by atoms with van der Waals surface area (Å²) in [5, 5.41) is 0. The fraction of sp³-hybridized carbons (Fsp3) is 0.286. The molecule has 3 nitrogen and oxygen atoms in total. The molecule has 4 heteroatoms. The van der Waals surface area contributed by atoms with Gasteiger partial charge in [0, 0.05) is 29.6 Å². The summed E-state index contributed by atoms with van der Waals surface area (Å²) in [6.45, 7) is 0.968. The normalized spacial score (nSPS) is 10.3. The Kier molecular flexibility index (Phi) is 4.92. The highest BCUT2D eigenvalue weighted by molar-refractivity contribution is 14.1. The van der Waals surface area contributed by atoms with Crippen LogP contribution in [0.15, 0.2) is 42.7 Å². The van der Waals surface area contributed by atoms with Gasteiger partial charge in [-0.25, -0.2) is 9.97 Å². The van der Waals surface area contributed by atoms with Gasteiger partial charge in [-0.1, -0.05) is 30.3 Å². The van der Waals surface area contributed by atoms with Gasteiger partial charge in [0.2, 0.25) is 5.95 Å². The van der Waals surface area contributed by atoms with E-state index in [4.69, 9.17) is 0 Å². The molecule has 2 rings (SSSR count). The minimum atomic E-state index is 0.795. The lowest BCUT2D eigenvalue weighted by Gasteiger charge is -2.16. The van der Waals surface area contributed by atoms with Crippen molar-refractivity contribution in [3.63, 3.8) is 0 Å². The second kappa shape index (κ2) is 6.68. The molecule has 2 aromatic rings. The molecule has 0 amide bonds. The number of benzene rings is 1. The van der Waals surface area contributed by atoms with Crippen LogP contribution >= 0.6 is 22.6 Å². The van der Waals surface area contributed by atoms with E-state index in [1.165, 1.54) is 5.56 Å². The first-order valence-corrected chi connectivity index (χ1v) is 7.06. The van der Waals surface area contributed by atoms with Crippen LogP contribution in [0.25, 0.3) is 0 Å². The lowest BCUT2D eigenvalue weighted by atomic mass is 10.1. The molecule has 0 unspecified atom stereocenters. The van der Waals surface area contributed by atoms with E-state index in [1.807, 2.05) is 19.4 Å². The van der Waals surface area contributed by atoms with Crippen molar-refractivity contribution in [2.24, 2.45) is 0 Å². The van der Waals surface area contributed by atoms with Gasteiger partial charge in [-0.05, 0) is 41.0 Å². The summed E-state index contributed by atoms with van der Waals surface area (Å²) in [6, 6.07) is 10.6. The summed E-state index contributed by atoms with van der Waals surface area (Å²) in [7, 11) is 2.03. The lowest BCUT2D eigenvalue weighted by Crippen LogP contribution is -2.21. The number of aromatic nitrogens is 2. The molecule has 0 fully saturated rings. The molecule has 0 spiro atoms. The number of halogens is 1. The standard InChI is InChI=1S/C14H16IN3/c1-18(14-16-10-13(15)11-17-14)9-5-8-12-6-3-2-4-7-12/h2-4,6-7,10-11H,5,8-9H2,1H3. The number of anilines is 1. The van der Waals surface area contributed by atoms with Crippen LogP contribution in [0.3, 0.4) is 0 Å². The summed E-state index contributed by atoms with van der Waals surface area (Å²) >= 11 is 2.21. The topological polar surface area (TPSA) is 29.0 Å². The van der Waals surface area contributed by atoms with Crippen molar-refractivity contribution < 1.29 is 0 Å². The molecule has 0 bridgehead atoms. The van der Waals surface area contributed by atoms with E-state index in [2.05, 4.69) is 67.8 Å². The predicted octanol–water partition coefficient (Wildman–Crippen LogP) is 3.15. The van der Waals surface area contributed by atoms with E-state index in [0.717, 1.165) is 28.9 Å². The maximum Gasteiger partial charge on any atom is 0.225 e. The highest BCUT2D eigenvalue weighted by Gasteiger charge is 2.03. The van der Waals surface area contributed by atoms with Crippen LogP contribution < -0.4 is 4.90 Å². The van der Waals surface area contributed by atoms with Crippen LogP contribution in [-0.4, -0.2) is 23.6 Å². The largest absolute Gasteiger partial charge is 0.344 e. The molecule has 18 heavy (non-hydrogen) atoms. The highest BCUT2D eigenvalue weighted by atomic mass is 127. The molecule has 0 aliphatic carbocycles. The Morgan fingerprint density at radius 3 is 2.44 bits per heavy atom. The Labute approximate surface area is 121 Å². The summed E-state index contributed by atoms with van der Waals surface area (Å²) in [5.41, 5.74) is 1.38. The average Bonchev–Trinajstić information content (AvgIpc) is 2.40. The van der Waals surface area contributed by atoms with Crippen LogP contribution in [0.5, 0.6) is 0 Å². The first-order valence-electron chi connectivity index (χ1n) is 5.98. The van der Waals surface area contributed by atoms with E-state index in [0.29, 0.717) is 0 Å². The van der Waals surface area contributed by atoms with Crippen LogP contribution in [0.4, 0.5) is 5.95 Å². The molecule has 0 N–H and O–H groups in total. The van der Waals surface area contributed by atoms with Crippen molar-refractivity contribution in [1.29, 1.82) is 0 Å². The van der Waals surface area contributed by atoms with Gasteiger partial charge in [0.15, 0.2) is 0 Å². The van der Waals surface area contributed by atoms with E-state index in [1.54, 1.807) is 0 Å². The molecule has 1 heterocycles. The third kappa shape index (κ3) is 3.94. The molecule has 0 saturated heterocycles. The molecule has 1 aromatic heterocycles. The minimum absolute atomic E-state index is 0.795. The van der Waals surface area contributed by atoms with Crippen molar-refractivity contribution in [2.75, 3.05) is 18.5 Å². The predicted molar refractivity (Wildman–Crippen MR) is 82.8 cm³/mol. The highest BCUT2D eigenvalue weighted by Crippen LogP contribution is 2.08. The molecular formula is C14H16IN3. The third-order valence-corrected chi connectivity index (χ3v) is 3.31. The van der Waals surface area contributed by atoms with Gasteiger partial charge in [0.05, 0.1) is 0 Å². The van der Waals surface area contributed by atoms with Crippen LogP contribution in [-0.2, 0) is 6.42 Å². The van der Waals surface area contributed by atoms with Gasteiger partial charge in [-0.3, -0.25) is 0 Å². The van der Waals surface area contributed by atoms with Crippen molar-refractivity contribution in [3.05, 3.63) is 51.9 Å². The van der Waals surface area contributed by atoms with Gasteiger partial charge >= 0.3 is 0 Å². The quantitative estimate of drug-likeness (QED) is 0.774. The van der Waals surface area contributed by atoms with E-state index >= 15 is 0 Å². The maximum absolute atomic E-state index is 4.31. The first kappa shape index (κ1) is 13.3. The zero-order valence-electron chi connectivity index (χ0n) is 10.4. The second-order valence-electron chi connectivity index (χ2n) is 4.21. The van der Waals surface area contributed by atoms with Gasteiger partial charge in [0.25, 0.3) is 0 Å². The first-order chi connectivity index (χ1) is 8.75. The molecule has 0 saturated carbocycles. The fourth-order valence-electron chi connectivity index (χ4n) is 1.77. The summed E-state index contributed by atoms with van der Waals surface area (Å²) in [4.78, 5) is 10.7. The molecule has 1 aromatic carbocycles. The Balaban J connectivity index is 1.81. The fourth-order valence-corrected chi connectivity index (χ4v) is 2.05. The number of rotatable bonds is 5. The summed E-state index contributed by atoms with van der Waals surface area (Å²) in [6.07, 6.45) is 5.89. The lowest BCUT2D eigenvalue weighted by molar-refractivity contribution is 0.765. The maximum atomic E-state index is 4.31. The van der Waals surface area contributed by atoms with Gasteiger partial charge < -0.3 is 4.90 Å². The Bertz CT molecular complexity index is 470. The zero-order chi connectivity index (χ0) is 12.8. The summed E-state index contributed by atoms with van der Waals surface area (Å²) in [5.74, 6) is 0.795. The van der Waals surface area contributed by atoms with E-state index in [9.17, 15) is 0 Å². The number of hydrogen-bond acceptors (Lipinski definition) is 3. The Morgan fingerprint density at radius 1 is 1.11 bits per heavy atom. The van der Waals surface area contributed by atoms with Crippen LogP contribution in [0.1, 0.15) is 12.0 Å². The van der Waals surface area contributed by atoms with Crippen molar-refractivity contribution in [1.82, 2.24) is 9.97 Å². The van der Waals surface area contributed by atoms with Crippen LogP contribution in [0.2, 0.25) is 0 Å². The van der Waals surface area contributed by atoms with Crippen LogP contribution in [0, 0.1) is 3.57 Å². The van der Waals surface area contributed by atoms with Gasteiger partial charge in [-0.2, -0.15) is 0 Å². The van der Waals surface area contributed by atoms with Crippen molar-refractivity contribution in [3.8, 4) is 0 Å². The minimum Gasteiger partial charge on any atom is -0.344 e. The van der Waals surface area contributed by atoms with E-state index < -0.39 is 0 Å². The Morgan fingerprint density at radius 2 is 1.78 bits per heavy atom. The SMILES string of the molecule is CN(CCCc1ccccc1)c1ncc(I)cn1. The molecule has 0 aliphatic heterocycles. The van der Waals surface area contributed by atoms with Crippen molar-refractivity contribution >= 4 is 28.5 Å². The average molecular weight is 353 g/mol. The van der Waals surface area contributed by atoms with Crippen molar-refractivity contribution in [2.45, 2.75) is 12.8 Å². The number of nitrogens with zero attached hydrogens (tertiary/aromatic N) is 3. The molecule has 0 radical (unpaired) electrons. The molecule has 0 atom stereocenters. The smallest absolute Gasteiger partial charge is 0.225 e. The van der Waals surface area contributed by atoms with Gasteiger partial charge in [0.1, 0.15) is 0 Å². The number of aryl methyl sites for hydroxylation is 1. The van der Waals surface area contributed by atoms with E-state index in [-0.39, 0.29) is 0 Å². The zero-order valence-corrected chi connectivity index (χ0v) is 12.5.